The molecule has 0 saturated heterocycles. The van der Waals surface area contributed by atoms with Crippen molar-refractivity contribution in [2.24, 2.45) is 0 Å². The molecule has 0 bridgehead atoms. The van der Waals surface area contributed by atoms with Crippen molar-refractivity contribution in [3.63, 3.8) is 0 Å². The molecule has 0 rings (SSSR count). The molecule has 0 spiro atoms. The van der Waals surface area contributed by atoms with Gasteiger partial charge in [-0.15, -0.1) is 0 Å². The number of halogens is 26. The Morgan fingerprint density at radius 2 is 0.462 bits per heavy atom. The third kappa shape index (κ3) is 8.89. The zero-order chi connectivity index (χ0) is 43.8. The Morgan fingerprint density at radius 3 is 0.577 bits per heavy atom. The highest BCUT2D eigenvalue weighted by Crippen LogP contribution is 2.62. The van der Waals surface area contributed by atoms with Crippen molar-refractivity contribution >= 4 is 20.2 Å². The van der Waals surface area contributed by atoms with Gasteiger partial charge in [-0.2, -0.15) is 131 Å². The van der Waals surface area contributed by atoms with Crippen molar-refractivity contribution in [2.45, 2.75) is 83.1 Å². The molecule has 0 aromatic rings. The molecule has 0 unspecified atom stereocenters. The molecule has 0 aliphatic heterocycles. The molecule has 0 aliphatic rings. The number of rotatable bonds is 13. The van der Waals surface area contributed by atoms with Gasteiger partial charge in [-0.3, -0.25) is 9.11 Å². The summed E-state index contributed by atoms with van der Waals surface area (Å²) in [5.41, 5.74) is 0. The van der Waals surface area contributed by atoms with Crippen LogP contribution in [0.25, 0.3) is 0 Å². The standard InChI is InChI=1S/2C6HF13O3S.C4H10O2/c2*7-1(8,3(11,12)5(15,16)17)2(9,10)4(13,14)6(18,19)23(20,21)22;5-3-1-2-4-6/h2*(H,20,21,22);5-6H,1-4H2. The van der Waals surface area contributed by atoms with Crippen LogP contribution >= 0.6 is 0 Å². The summed E-state index contributed by atoms with van der Waals surface area (Å²) < 4.78 is 375. The van der Waals surface area contributed by atoms with Crippen LogP contribution in [-0.2, 0) is 20.2 Å². The van der Waals surface area contributed by atoms with E-state index in [0.717, 1.165) is 12.8 Å². The number of hydrogen-bond acceptors (Lipinski definition) is 6. The van der Waals surface area contributed by atoms with Gasteiger partial charge in [0.2, 0.25) is 0 Å². The summed E-state index contributed by atoms with van der Waals surface area (Å²) in [4.78, 5) is 0. The summed E-state index contributed by atoms with van der Waals surface area (Å²) >= 11 is 0. The fourth-order valence-corrected chi connectivity index (χ4v) is 2.96. The lowest BCUT2D eigenvalue weighted by atomic mass is 9.98. The Bertz CT molecular complexity index is 1290. The van der Waals surface area contributed by atoms with Crippen LogP contribution in [0.15, 0.2) is 0 Å². The van der Waals surface area contributed by atoms with Crippen LogP contribution in [0.2, 0.25) is 0 Å². The summed E-state index contributed by atoms with van der Waals surface area (Å²) in [6.45, 7) is 0.390. The number of alkyl halides is 26. The summed E-state index contributed by atoms with van der Waals surface area (Å²) in [6, 6.07) is 0. The van der Waals surface area contributed by atoms with Gasteiger partial charge in [0.25, 0.3) is 0 Å². The third-order valence-electron chi connectivity index (χ3n) is 5.02. The van der Waals surface area contributed by atoms with Gasteiger partial charge in [0.05, 0.1) is 0 Å². The van der Waals surface area contributed by atoms with E-state index in [1.54, 1.807) is 0 Å². The molecule has 0 aromatic carbocycles. The zero-order valence-corrected chi connectivity index (χ0v) is 24.5. The van der Waals surface area contributed by atoms with Crippen LogP contribution < -0.4 is 0 Å². The molecule has 0 heterocycles. The SMILES string of the molecule is O=S(=O)(O)C(F)(F)C(F)(F)C(F)(F)C(F)(F)C(F)(F)C(F)(F)F.O=S(=O)(O)C(F)(F)C(F)(F)C(F)(F)C(F)(F)C(F)(F)C(F)(F)F.OCCCCO. The maximum absolute atomic E-state index is 12.7. The number of hydrogen-bond donors (Lipinski definition) is 4. The molecule has 0 atom stereocenters. The van der Waals surface area contributed by atoms with Crippen molar-refractivity contribution in [2.75, 3.05) is 13.2 Å². The highest BCUT2D eigenvalue weighted by molar-refractivity contribution is 7.87. The van der Waals surface area contributed by atoms with E-state index in [-0.39, 0.29) is 13.2 Å². The first kappa shape index (κ1) is 54.3. The van der Waals surface area contributed by atoms with Crippen LogP contribution in [0.5, 0.6) is 0 Å². The zero-order valence-electron chi connectivity index (χ0n) is 22.9. The minimum absolute atomic E-state index is 0.195. The van der Waals surface area contributed by atoms with E-state index < -0.39 is 90.5 Å². The summed E-state index contributed by atoms with van der Waals surface area (Å²) in [5.74, 6) is -64.9. The lowest BCUT2D eigenvalue weighted by Crippen LogP contribution is -2.71. The van der Waals surface area contributed by atoms with Crippen LogP contribution in [0.3, 0.4) is 0 Å². The average molecular weight is 890 g/mol. The van der Waals surface area contributed by atoms with E-state index in [9.17, 15) is 131 Å². The van der Waals surface area contributed by atoms with E-state index in [4.69, 9.17) is 19.3 Å². The highest BCUT2D eigenvalue weighted by atomic mass is 32.2. The molecule has 8 nitrogen and oxygen atoms in total. The topological polar surface area (TPSA) is 149 Å². The maximum atomic E-state index is 12.7. The fraction of sp³-hybridized carbons (Fsp3) is 1.00. The lowest BCUT2D eigenvalue weighted by molar-refractivity contribution is -0.433. The molecule has 0 amide bonds. The molecule has 0 radical (unpaired) electrons. The van der Waals surface area contributed by atoms with Crippen molar-refractivity contribution in [1.29, 1.82) is 0 Å². The van der Waals surface area contributed by atoms with Crippen LogP contribution in [0, 0.1) is 0 Å². The summed E-state index contributed by atoms with van der Waals surface area (Å²) in [5, 5.41) is 1.13. The number of aliphatic hydroxyl groups excluding tert-OH is 2. The Morgan fingerprint density at radius 1 is 0.308 bits per heavy atom. The first-order valence-corrected chi connectivity index (χ1v) is 13.9. The maximum Gasteiger partial charge on any atom is 0.460 e. The molecule has 0 fully saturated rings. The second-order valence-electron chi connectivity index (χ2n) is 8.73. The molecule has 52 heavy (non-hydrogen) atoms. The summed E-state index contributed by atoms with van der Waals surface area (Å²) in [7, 11) is -15.2. The van der Waals surface area contributed by atoms with E-state index in [1.165, 1.54) is 0 Å². The third-order valence-corrected chi connectivity index (χ3v) is 6.83. The van der Waals surface area contributed by atoms with Crippen LogP contribution in [0.1, 0.15) is 12.8 Å². The smallest absolute Gasteiger partial charge is 0.396 e. The van der Waals surface area contributed by atoms with E-state index in [2.05, 4.69) is 0 Å². The predicted molar refractivity (Wildman–Crippen MR) is 108 cm³/mol. The van der Waals surface area contributed by atoms with Crippen molar-refractivity contribution in [3.8, 4) is 0 Å². The van der Waals surface area contributed by atoms with Crippen molar-refractivity contribution in [3.05, 3.63) is 0 Å². The van der Waals surface area contributed by atoms with Gasteiger partial charge in [0.1, 0.15) is 0 Å². The Balaban J connectivity index is -0.000000797. The number of unbranched alkanes of at least 4 members (excludes halogenated alkanes) is 1. The lowest BCUT2D eigenvalue weighted by Gasteiger charge is -2.38. The average Bonchev–Trinajstić information content (AvgIpc) is 2.89. The van der Waals surface area contributed by atoms with Gasteiger partial charge in [-0.25, -0.2) is 0 Å². The molecule has 0 aromatic heterocycles. The molecular formula is C16H12F26O8S2. The van der Waals surface area contributed by atoms with E-state index in [1.807, 2.05) is 0 Å². The quantitative estimate of drug-likeness (QED) is 0.0888. The minimum atomic E-state index is -8.25. The minimum Gasteiger partial charge on any atom is -0.396 e. The van der Waals surface area contributed by atoms with Gasteiger partial charge in [-0.05, 0) is 12.8 Å². The van der Waals surface area contributed by atoms with Gasteiger partial charge in [0, 0.05) is 13.2 Å². The molecule has 0 saturated carbocycles. The number of aliphatic hydroxyl groups is 2. The van der Waals surface area contributed by atoms with E-state index in [0.29, 0.717) is 0 Å². The molecule has 318 valence electrons. The molecule has 0 aliphatic carbocycles. The molecule has 36 heteroatoms. The Labute approximate surface area is 267 Å². The molecule has 4 N–H and O–H groups in total. The largest absolute Gasteiger partial charge is 0.460 e. The predicted octanol–water partition coefficient (Wildman–Crippen LogP) is 6.89. The first-order valence-electron chi connectivity index (χ1n) is 11.0. The van der Waals surface area contributed by atoms with Crippen LogP contribution in [0.4, 0.5) is 114 Å². The molecular weight excluding hydrogens is 878 g/mol. The van der Waals surface area contributed by atoms with Crippen molar-refractivity contribution in [1.82, 2.24) is 0 Å². The second kappa shape index (κ2) is 15.2. The first-order chi connectivity index (χ1) is 21.9. The second-order valence-corrected chi connectivity index (χ2v) is 11.7. The highest BCUT2D eigenvalue weighted by Gasteiger charge is 2.94. The fourth-order valence-electron chi connectivity index (χ4n) is 2.06. The van der Waals surface area contributed by atoms with Gasteiger partial charge in [-0.1, -0.05) is 0 Å². The van der Waals surface area contributed by atoms with Crippen LogP contribution in [-0.4, -0.2) is 120 Å². The van der Waals surface area contributed by atoms with E-state index >= 15 is 0 Å². The van der Waals surface area contributed by atoms with Gasteiger partial charge in [0.15, 0.2) is 0 Å². The monoisotopic (exact) mass is 890 g/mol. The Hall–Kier alpha value is -2.08. The normalized spacial score (nSPS) is 15.7. The van der Waals surface area contributed by atoms with Crippen molar-refractivity contribution < 1.29 is 150 Å². The summed E-state index contributed by atoms with van der Waals surface area (Å²) in [6.07, 6.45) is -13.8. The Kier molecular flexibility index (Phi) is 15.9. The van der Waals surface area contributed by atoms with Gasteiger partial charge >= 0.3 is 90.5 Å². The van der Waals surface area contributed by atoms with Gasteiger partial charge < -0.3 is 10.2 Å².